The van der Waals surface area contributed by atoms with Crippen molar-refractivity contribution < 1.29 is 9.59 Å². The molecule has 0 radical (unpaired) electrons. The number of rotatable bonds is 5. The normalized spacial score (nSPS) is 14.5. The summed E-state index contributed by atoms with van der Waals surface area (Å²) in [5, 5.41) is 3.15. The van der Waals surface area contributed by atoms with Crippen LogP contribution in [0.1, 0.15) is 37.0 Å². The molecule has 0 unspecified atom stereocenters. The number of likely N-dealkylation sites (tertiary alicyclic amines) is 1. The second kappa shape index (κ2) is 7.50. The van der Waals surface area contributed by atoms with Gasteiger partial charge in [-0.25, -0.2) is 0 Å². The van der Waals surface area contributed by atoms with E-state index in [-0.39, 0.29) is 18.4 Å². The van der Waals surface area contributed by atoms with E-state index in [0.717, 1.165) is 30.8 Å². The van der Waals surface area contributed by atoms with Gasteiger partial charge in [-0.2, -0.15) is 0 Å². The number of hydrogen-bond acceptors (Lipinski definition) is 3. The Morgan fingerprint density at radius 3 is 2.57 bits per heavy atom. The zero-order chi connectivity index (χ0) is 15.2. The number of nitrogens with one attached hydrogen (secondary N) is 1. The van der Waals surface area contributed by atoms with E-state index in [0.29, 0.717) is 10.8 Å². The van der Waals surface area contributed by atoms with Crippen molar-refractivity contribution in [3.05, 3.63) is 29.8 Å². The predicted molar refractivity (Wildman–Crippen MR) is 85.6 cm³/mol. The molecule has 0 atom stereocenters. The third-order valence-corrected chi connectivity index (χ3v) is 4.43. The Bertz CT molecular complexity index is 511. The van der Waals surface area contributed by atoms with E-state index < -0.39 is 0 Å². The van der Waals surface area contributed by atoms with Crippen LogP contribution in [0.2, 0.25) is 0 Å². The standard InChI is InChI=1S/C16H22N2O2S/c1-12(2)21-14-8-4-3-7-13(14)16(20)17-11-15(19)18-9-5-6-10-18/h3-4,7-8,12H,5-6,9-11H2,1-2H3,(H,17,20). The molecule has 4 nitrogen and oxygen atoms in total. The van der Waals surface area contributed by atoms with Gasteiger partial charge in [0.15, 0.2) is 0 Å². The van der Waals surface area contributed by atoms with Crippen LogP contribution in [0, 0.1) is 0 Å². The van der Waals surface area contributed by atoms with Crippen LogP contribution in [0.15, 0.2) is 29.2 Å². The monoisotopic (exact) mass is 306 g/mol. The van der Waals surface area contributed by atoms with Crippen LogP contribution in [0.25, 0.3) is 0 Å². The molecule has 21 heavy (non-hydrogen) atoms. The van der Waals surface area contributed by atoms with E-state index in [9.17, 15) is 9.59 Å². The van der Waals surface area contributed by atoms with Crippen LogP contribution in [-0.2, 0) is 4.79 Å². The van der Waals surface area contributed by atoms with Crippen LogP contribution in [0.4, 0.5) is 0 Å². The third kappa shape index (κ3) is 4.49. The molecule has 1 heterocycles. The fourth-order valence-electron chi connectivity index (χ4n) is 2.34. The van der Waals surface area contributed by atoms with Gasteiger partial charge >= 0.3 is 0 Å². The first-order valence-electron chi connectivity index (χ1n) is 7.39. The van der Waals surface area contributed by atoms with Gasteiger partial charge in [-0.05, 0) is 25.0 Å². The van der Waals surface area contributed by atoms with Crippen molar-refractivity contribution in [1.82, 2.24) is 10.2 Å². The topological polar surface area (TPSA) is 49.4 Å². The summed E-state index contributed by atoms with van der Waals surface area (Å²) < 4.78 is 0. The number of benzene rings is 1. The van der Waals surface area contributed by atoms with Crippen LogP contribution in [0.5, 0.6) is 0 Å². The van der Waals surface area contributed by atoms with Gasteiger partial charge in [-0.15, -0.1) is 11.8 Å². The van der Waals surface area contributed by atoms with Crippen molar-refractivity contribution in [1.29, 1.82) is 0 Å². The van der Waals surface area contributed by atoms with Gasteiger partial charge in [0, 0.05) is 23.2 Å². The smallest absolute Gasteiger partial charge is 0.252 e. The molecule has 1 aromatic rings. The van der Waals surface area contributed by atoms with Gasteiger partial charge in [0.05, 0.1) is 12.1 Å². The molecule has 1 saturated heterocycles. The summed E-state index contributed by atoms with van der Waals surface area (Å²) in [6, 6.07) is 7.53. The lowest BCUT2D eigenvalue weighted by Gasteiger charge is -2.16. The SMILES string of the molecule is CC(C)Sc1ccccc1C(=O)NCC(=O)N1CCCC1. The maximum absolute atomic E-state index is 12.3. The zero-order valence-electron chi connectivity index (χ0n) is 12.6. The number of nitrogens with zero attached hydrogens (tertiary/aromatic N) is 1. The molecule has 0 aromatic heterocycles. The first-order valence-corrected chi connectivity index (χ1v) is 8.27. The van der Waals surface area contributed by atoms with Crippen molar-refractivity contribution in [2.45, 2.75) is 36.8 Å². The number of carbonyl (C=O) groups is 2. The van der Waals surface area contributed by atoms with Gasteiger partial charge < -0.3 is 10.2 Å². The largest absolute Gasteiger partial charge is 0.343 e. The maximum Gasteiger partial charge on any atom is 0.252 e. The lowest BCUT2D eigenvalue weighted by Crippen LogP contribution is -2.38. The molecule has 0 bridgehead atoms. The van der Waals surface area contributed by atoms with Crippen LogP contribution in [0.3, 0.4) is 0 Å². The lowest BCUT2D eigenvalue weighted by atomic mass is 10.2. The number of hydrogen-bond donors (Lipinski definition) is 1. The molecular weight excluding hydrogens is 284 g/mol. The molecular formula is C16H22N2O2S. The highest BCUT2D eigenvalue weighted by Crippen LogP contribution is 2.26. The Labute approximate surface area is 130 Å². The molecule has 2 rings (SSSR count). The molecule has 1 N–H and O–H groups in total. The Balaban J connectivity index is 1.95. The predicted octanol–water partition coefficient (Wildman–Crippen LogP) is 2.54. The minimum absolute atomic E-state index is 0.00911. The van der Waals surface area contributed by atoms with E-state index in [2.05, 4.69) is 19.2 Å². The molecule has 1 aromatic carbocycles. The molecule has 0 saturated carbocycles. The zero-order valence-corrected chi connectivity index (χ0v) is 13.4. The summed E-state index contributed by atoms with van der Waals surface area (Å²) in [4.78, 5) is 27.0. The van der Waals surface area contributed by atoms with E-state index in [4.69, 9.17) is 0 Å². The van der Waals surface area contributed by atoms with E-state index in [1.165, 1.54) is 0 Å². The number of carbonyl (C=O) groups excluding carboxylic acids is 2. The Morgan fingerprint density at radius 2 is 1.90 bits per heavy atom. The van der Waals surface area contributed by atoms with Gasteiger partial charge in [0.1, 0.15) is 0 Å². The van der Waals surface area contributed by atoms with Crippen molar-refractivity contribution in [2.24, 2.45) is 0 Å². The number of amides is 2. The average Bonchev–Trinajstić information content (AvgIpc) is 2.98. The molecule has 0 aliphatic carbocycles. The second-order valence-corrected chi connectivity index (χ2v) is 7.05. The van der Waals surface area contributed by atoms with E-state index in [1.807, 2.05) is 23.1 Å². The highest BCUT2D eigenvalue weighted by Gasteiger charge is 2.19. The van der Waals surface area contributed by atoms with Crippen molar-refractivity contribution in [3.63, 3.8) is 0 Å². The van der Waals surface area contributed by atoms with Crippen molar-refractivity contribution in [2.75, 3.05) is 19.6 Å². The van der Waals surface area contributed by atoms with Gasteiger partial charge in [0.2, 0.25) is 5.91 Å². The third-order valence-electron chi connectivity index (χ3n) is 3.35. The van der Waals surface area contributed by atoms with Gasteiger partial charge in [0.25, 0.3) is 5.91 Å². The molecule has 114 valence electrons. The van der Waals surface area contributed by atoms with Crippen molar-refractivity contribution >= 4 is 23.6 Å². The summed E-state index contributed by atoms with van der Waals surface area (Å²) in [7, 11) is 0. The summed E-state index contributed by atoms with van der Waals surface area (Å²) in [5.41, 5.74) is 0.644. The highest BCUT2D eigenvalue weighted by molar-refractivity contribution is 8.00. The minimum Gasteiger partial charge on any atom is -0.343 e. The number of thioether (sulfide) groups is 1. The molecule has 1 aliphatic heterocycles. The molecule has 5 heteroatoms. The minimum atomic E-state index is -0.175. The van der Waals surface area contributed by atoms with Crippen molar-refractivity contribution in [3.8, 4) is 0 Å². The van der Waals surface area contributed by atoms with Crippen LogP contribution >= 0.6 is 11.8 Å². The van der Waals surface area contributed by atoms with E-state index in [1.54, 1.807) is 17.8 Å². The highest BCUT2D eigenvalue weighted by atomic mass is 32.2. The molecule has 2 amide bonds. The summed E-state index contributed by atoms with van der Waals surface area (Å²) in [5.74, 6) is -0.166. The molecule has 0 spiro atoms. The van der Waals surface area contributed by atoms with Crippen LogP contribution in [-0.4, -0.2) is 41.6 Å². The summed E-state index contributed by atoms with van der Waals surface area (Å²) in [6.07, 6.45) is 2.13. The second-order valence-electron chi connectivity index (χ2n) is 5.43. The first-order chi connectivity index (χ1) is 10.1. The fourth-order valence-corrected chi connectivity index (χ4v) is 3.29. The fraction of sp³-hybridized carbons (Fsp3) is 0.500. The van der Waals surface area contributed by atoms with E-state index >= 15 is 0 Å². The van der Waals surface area contributed by atoms with Gasteiger partial charge in [-0.3, -0.25) is 9.59 Å². The lowest BCUT2D eigenvalue weighted by molar-refractivity contribution is -0.129. The average molecular weight is 306 g/mol. The molecule has 1 aliphatic rings. The summed E-state index contributed by atoms with van der Waals surface area (Å²) in [6.45, 7) is 5.90. The van der Waals surface area contributed by atoms with Crippen LogP contribution < -0.4 is 5.32 Å². The Kier molecular flexibility index (Phi) is 5.67. The Hall–Kier alpha value is -1.49. The summed E-state index contributed by atoms with van der Waals surface area (Å²) >= 11 is 1.66. The first kappa shape index (κ1) is 15.9. The maximum atomic E-state index is 12.3. The van der Waals surface area contributed by atoms with Gasteiger partial charge in [-0.1, -0.05) is 26.0 Å². The Morgan fingerprint density at radius 1 is 1.24 bits per heavy atom. The molecule has 1 fully saturated rings. The quantitative estimate of drug-likeness (QED) is 0.851.